The molecular formula is C19H22N4O2. The average molecular weight is 338 g/mol. The van der Waals surface area contributed by atoms with Crippen LogP contribution in [0.1, 0.15) is 30.1 Å². The quantitative estimate of drug-likeness (QED) is 0.931. The molecule has 6 nitrogen and oxygen atoms in total. The average Bonchev–Trinajstić information content (AvgIpc) is 2.93. The van der Waals surface area contributed by atoms with E-state index in [1.807, 2.05) is 50.2 Å². The van der Waals surface area contributed by atoms with Gasteiger partial charge in [0, 0.05) is 44.1 Å². The van der Waals surface area contributed by atoms with E-state index in [2.05, 4.69) is 10.3 Å². The van der Waals surface area contributed by atoms with Crippen LogP contribution >= 0.6 is 0 Å². The molecule has 6 heteroatoms. The van der Waals surface area contributed by atoms with Crippen molar-refractivity contribution in [3.63, 3.8) is 0 Å². The molecule has 1 atom stereocenters. The molecule has 2 amide bonds. The second-order valence-electron chi connectivity index (χ2n) is 6.46. The summed E-state index contributed by atoms with van der Waals surface area (Å²) < 4.78 is 0. The Morgan fingerprint density at radius 1 is 1.28 bits per heavy atom. The van der Waals surface area contributed by atoms with Gasteiger partial charge in [-0.1, -0.05) is 6.07 Å². The summed E-state index contributed by atoms with van der Waals surface area (Å²) in [5.41, 5.74) is 1.96. The smallest absolute Gasteiger partial charge is 0.257 e. The number of pyridine rings is 1. The number of anilines is 3. The van der Waals surface area contributed by atoms with Gasteiger partial charge in [-0.3, -0.25) is 9.59 Å². The fourth-order valence-electron chi connectivity index (χ4n) is 2.95. The zero-order chi connectivity index (χ0) is 18.0. The molecule has 130 valence electrons. The van der Waals surface area contributed by atoms with Crippen molar-refractivity contribution in [3.8, 4) is 0 Å². The van der Waals surface area contributed by atoms with Gasteiger partial charge in [0.15, 0.2) is 0 Å². The number of nitrogens with one attached hydrogen (secondary N) is 1. The summed E-state index contributed by atoms with van der Waals surface area (Å²) >= 11 is 0. The van der Waals surface area contributed by atoms with Gasteiger partial charge in [-0.05, 0) is 43.7 Å². The summed E-state index contributed by atoms with van der Waals surface area (Å²) in [6, 6.07) is 11.1. The van der Waals surface area contributed by atoms with Crippen LogP contribution in [-0.4, -0.2) is 36.9 Å². The van der Waals surface area contributed by atoms with Crippen molar-refractivity contribution in [1.29, 1.82) is 0 Å². The van der Waals surface area contributed by atoms with Gasteiger partial charge in [-0.25, -0.2) is 4.98 Å². The molecule has 0 aliphatic carbocycles. The van der Waals surface area contributed by atoms with Crippen molar-refractivity contribution < 1.29 is 9.59 Å². The van der Waals surface area contributed by atoms with Gasteiger partial charge in [0.25, 0.3) is 5.91 Å². The van der Waals surface area contributed by atoms with Gasteiger partial charge in [-0.15, -0.1) is 0 Å². The van der Waals surface area contributed by atoms with Crippen molar-refractivity contribution in [3.05, 3.63) is 48.2 Å². The molecule has 0 spiro atoms. The molecule has 1 saturated heterocycles. The SMILES string of the molecule is CC1CCC(=O)N1c1cccc(NC(=O)c2ccc(N(C)C)nc2)c1. The van der Waals surface area contributed by atoms with Crippen molar-refractivity contribution >= 4 is 29.0 Å². The minimum absolute atomic E-state index is 0.124. The largest absolute Gasteiger partial charge is 0.363 e. The summed E-state index contributed by atoms with van der Waals surface area (Å²) in [6.45, 7) is 2.04. The third-order valence-electron chi connectivity index (χ3n) is 4.34. The molecule has 1 N–H and O–H groups in total. The normalized spacial score (nSPS) is 16.8. The molecule has 0 radical (unpaired) electrons. The van der Waals surface area contributed by atoms with Crippen LogP contribution in [0.15, 0.2) is 42.6 Å². The maximum atomic E-state index is 12.4. The van der Waals surface area contributed by atoms with Crippen LogP contribution in [0.2, 0.25) is 0 Å². The predicted octanol–water partition coefficient (Wildman–Crippen LogP) is 2.92. The van der Waals surface area contributed by atoms with E-state index in [9.17, 15) is 9.59 Å². The third kappa shape index (κ3) is 3.63. The van der Waals surface area contributed by atoms with Gasteiger partial charge >= 0.3 is 0 Å². The van der Waals surface area contributed by atoms with E-state index in [-0.39, 0.29) is 17.9 Å². The van der Waals surface area contributed by atoms with E-state index < -0.39 is 0 Å². The monoisotopic (exact) mass is 338 g/mol. The predicted molar refractivity (Wildman–Crippen MR) is 99.1 cm³/mol. The lowest BCUT2D eigenvalue weighted by molar-refractivity contribution is -0.117. The van der Waals surface area contributed by atoms with Crippen LogP contribution in [0.5, 0.6) is 0 Å². The maximum Gasteiger partial charge on any atom is 0.257 e. The second-order valence-corrected chi connectivity index (χ2v) is 6.46. The van der Waals surface area contributed by atoms with Crippen molar-refractivity contribution in [2.24, 2.45) is 0 Å². The standard InChI is InChI=1S/C19H22N4O2/c1-13-7-10-18(24)23(13)16-6-4-5-15(11-16)21-19(25)14-8-9-17(20-12-14)22(2)3/h4-6,8-9,11-13H,7,10H2,1-3H3,(H,21,25). The lowest BCUT2D eigenvalue weighted by Gasteiger charge is -2.22. The molecule has 25 heavy (non-hydrogen) atoms. The molecule has 1 aromatic heterocycles. The summed E-state index contributed by atoms with van der Waals surface area (Å²) in [6.07, 6.45) is 2.99. The summed E-state index contributed by atoms with van der Waals surface area (Å²) in [5, 5.41) is 2.87. The first-order valence-corrected chi connectivity index (χ1v) is 8.32. The van der Waals surface area contributed by atoms with E-state index in [1.165, 1.54) is 0 Å². The summed E-state index contributed by atoms with van der Waals surface area (Å²) in [4.78, 5) is 32.4. The zero-order valence-electron chi connectivity index (χ0n) is 14.7. The maximum absolute atomic E-state index is 12.4. The minimum Gasteiger partial charge on any atom is -0.363 e. The Hall–Kier alpha value is -2.89. The number of carbonyl (C=O) groups is 2. The Bertz CT molecular complexity index is 786. The molecule has 1 aliphatic rings. The fourth-order valence-corrected chi connectivity index (χ4v) is 2.95. The highest BCUT2D eigenvalue weighted by molar-refractivity contribution is 6.04. The Labute approximate surface area is 147 Å². The van der Waals surface area contributed by atoms with Crippen LogP contribution in [0, 0.1) is 0 Å². The Morgan fingerprint density at radius 3 is 2.68 bits per heavy atom. The number of aromatic nitrogens is 1. The lowest BCUT2D eigenvalue weighted by atomic mass is 10.2. The van der Waals surface area contributed by atoms with E-state index in [0.29, 0.717) is 17.7 Å². The molecule has 0 bridgehead atoms. The van der Waals surface area contributed by atoms with Crippen molar-refractivity contribution in [2.75, 3.05) is 29.2 Å². The molecule has 3 rings (SSSR count). The van der Waals surface area contributed by atoms with Crippen LogP contribution in [-0.2, 0) is 4.79 Å². The van der Waals surface area contributed by atoms with Gasteiger partial charge in [0.05, 0.1) is 5.56 Å². The van der Waals surface area contributed by atoms with E-state index in [0.717, 1.165) is 17.9 Å². The number of amides is 2. The summed E-state index contributed by atoms with van der Waals surface area (Å²) in [7, 11) is 3.79. The molecule has 1 unspecified atom stereocenters. The number of carbonyl (C=O) groups excluding carboxylic acids is 2. The molecular weight excluding hydrogens is 316 g/mol. The van der Waals surface area contributed by atoms with Gasteiger partial charge in [0.2, 0.25) is 5.91 Å². The highest BCUT2D eigenvalue weighted by atomic mass is 16.2. The fraction of sp³-hybridized carbons (Fsp3) is 0.316. The van der Waals surface area contributed by atoms with E-state index >= 15 is 0 Å². The molecule has 2 aromatic rings. The van der Waals surface area contributed by atoms with Crippen LogP contribution in [0.3, 0.4) is 0 Å². The van der Waals surface area contributed by atoms with Gasteiger partial charge in [0.1, 0.15) is 5.82 Å². The van der Waals surface area contributed by atoms with Crippen LogP contribution in [0.25, 0.3) is 0 Å². The molecule has 1 aliphatic heterocycles. The van der Waals surface area contributed by atoms with Crippen LogP contribution < -0.4 is 15.1 Å². The Morgan fingerprint density at radius 2 is 2.08 bits per heavy atom. The number of benzene rings is 1. The Kier molecular flexibility index (Phi) is 4.70. The van der Waals surface area contributed by atoms with Crippen LogP contribution in [0.4, 0.5) is 17.2 Å². The van der Waals surface area contributed by atoms with E-state index in [4.69, 9.17) is 0 Å². The molecule has 1 aromatic carbocycles. The first-order valence-electron chi connectivity index (χ1n) is 8.32. The number of hydrogen-bond donors (Lipinski definition) is 1. The first kappa shape index (κ1) is 17.0. The molecule has 2 heterocycles. The van der Waals surface area contributed by atoms with Crippen molar-refractivity contribution in [2.45, 2.75) is 25.8 Å². The van der Waals surface area contributed by atoms with Crippen molar-refractivity contribution in [1.82, 2.24) is 4.98 Å². The molecule has 0 saturated carbocycles. The highest BCUT2D eigenvalue weighted by Gasteiger charge is 2.28. The molecule has 1 fully saturated rings. The zero-order valence-corrected chi connectivity index (χ0v) is 14.7. The number of nitrogens with zero attached hydrogens (tertiary/aromatic N) is 3. The topological polar surface area (TPSA) is 65.5 Å². The lowest BCUT2D eigenvalue weighted by Crippen LogP contribution is -2.30. The highest BCUT2D eigenvalue weighted by Crippen LogP contribution is 2.28. The van der Waals surface area contributed by atoms with Gasteiger partial charge < -0.3 is 15.1 Å². The van der Waals surface area contributed by atoms with E-state index in [1.54, 1.807) is 23.2 Å². The first-order chi connectivity index (χ1) is 12.0. The minimum atomic E-state index is -0.226. The Balaban J connectivity index is 1.75. The summed E-state index contributed by atoms with van der Waals surface area (Å²) in [5.74, 6) is 0.690. The third-order valence-corrected chi connectivity index (χ3v) is 4.34. The number of rotatable bonds is 4. The second kappa shape index (κ2) is 6.93. The van der Waals surface area contributed by atoms with Gasteiger partial charge in [-0.2, -0.15) is 0 Å². The number of hydrogen-bond acceptors (Lipinski definition) is 4.